The van der Waals surface area contributed by atoms with Gasteiger partial charge < -0.3 is 5.32 Å². The lowest BCUT2D eigenvalue weighted by molar-refractivity contribution is -0.127. The molecule has 1 amide bonds. The minimum atomic E-state index is -3.10. The smallest absolute Gasteiger partial charge is 0.234 e. The van der Waals surface area contributed by atoms with Crippen LogP contribution in [-0.2, 0) is 19.4 Å². The second-order valence-corrected chi connectivity index (χ2v) is 14.6. The quantitative estimate of drug-likeness (QED) is 0.587. The van der Waals surface area contributed by atoms with E-state index < -0.39 is 9.84 Å². The fraction of sp³-hybridized carbons (Fsp3) is 0.926. The second kappa shape index (κ2) is 10.2. The van der Waals surface area contributed by atoms with Crippen molar-refractivity contribution in [2.45, 2.75) is 94.8 Å². The number of nitrogens with one attached hydrogen (secondary N) is 1. The van der Waals surface area contributed by atoms with Crippen molar-refractivity contribution < 1.29 is 18.0 Å². The lowest BCUT2D eigenvalue weighted by Crippen LogP contribution is -2.50. The monoisotopic (exact) mass is 492 g/mol. The minimum absolute atomic E-state index is 0.0249. The highest BCUT2D eigenvalue weighted by molar-refractivity contribution is 7.91. The Morgan fingerprint density at radius 2 is 1.50 bits per heavy atom. The zero-order chi connectivity index (χ0) is 23.9. The van der Waals surface area contributed by atoms with Gasteiger partial charge in [-0.15, -0.1) is 0 Å². The van der Waals surface area contributed by atoms with Crippen molar-refractivity contribution >= 4 is 21.5 Å². The van der Waals surface area contributed by atoms with Crippen LogP contribution in [-0.4, -0.2) is 62.2 Å². The molecule has 4 aliphatic carbocycles. The Labute approximate surface area is 205 Å². The number of hydrogen-bond donors (Lipinski definition) is 1. The lowest BCUT2D eigenvalue weighted by atomic mass is 9.76. The normalized spacial score (nSPS) is 36.2. The number of piperidine rings is 1. The Morgan fingerprint density at radius 3 is 2.15 bits per heavy atom. The van der Waals surface area contributed by atoms with Crippen molar-refractivity contribution in [1.82, 2.24) is 10.2 Å². The Hall–Kier alpha value is -0.950. The van der Waals surface area contributed by atoms with E-state index >= 15 is 0 Å². The summed E-state index contributed by atoms with van der Waals surface area (Å²) in [5, 5.41) is 2.96. The van der Waals surface area contributed by atoms with Crippen LogP contribution in [0.1, 0.15) is 83.5 Å². The SMILES string of the molecule is CS(=O)(=O)C1CCC2CC(C(=O)C3CC3)C(NC(=O)CN3CCC(C4CCCCC4)CC3)C2C1. The van der Waals surface area contributed by atoms with Crippen molar-refractivity contribution in [2.24, 2.45) is 35.5 Å². The fourth-order valence-electron chi connectivity index (χ4n) is 7.91. The van der Waals surface area contributed by atoms with Crippen LogP contribution in [0.15, 0.2) is 0 Å². The number of rotatable bonds is 7. The molecule has 5 aliphatic rings. The van der Waals surface area contributed by atoms with E-state index in [0.29, 0.717) is 31.1 Å². The van der Waals surface area contributed by atoms with Gasteiger partial charge >= 0.3 is 0 Å². The van der Waals surface area contributed by atoms with E-state index in [-0.39, 0.29) is 35.0 Å². The third-order valence-electron chi connectivity index (χ3n) is 10.0. The van der Waals surface area contributed by atoms with Crippen molar-refractivity contribution in [2.75, 3.05) is 25.9 Å². The molecule has 192 valence electrons. The number of likely N-dealkylation sites (tertiary alicyclic amines) is 1. The molecular formula is C27H44N2O4S. The van der Waals surface area contributed by atoms with Crippen LogP contribution in [0.2, 0.25) is 0 Å². The number of ketones is 1. The summed E-state index contributed by atoms with van der Waals surface area (Å²) >= 11 is 0. The van der Waals surface area contributed by atoms with E-state index in [9.17, 15) is 18.0 Å². The maximum atomic E-state index is 13.2. The zero-order valence-corrected chi connectivity index (χ0v) is 21.7. The first-order valence-corrected chi connectivity index (χ1v) is 16.0. The number of Topliss-reactive ketones (excluding diaryl/α,β-unsaturated/α-hetero) is 1. The largest absolute Gasteiger partial charge is 0.351 e. The van der Waals surface area contributed by atoms with E-state index in [0.717, 1.165) is 50.6 Å². The number of amides is 1. The summed E-state index contributed by atoms with van der Waals surface area (Å²) in [7, 11) is -3.10. The molecule has 0 bridgehead atoms. The summed E-state index contributed by atoms with van der Waals surface area (Å²) < 4.78 is 24.6. The molecule has 0 aromatic carbocycles. The second-order valence-electron chi connectivity index (χ2n) is 12.3. The van der Waals surface area contributed by atoms with Gasteiger partial charge in [-0.05, 0) is 88.1 Å². The Kier molecular flexibility index (Phi) is 7.42. The van der Waals surface area contributed by atoms with Crippen molar-refractivity contribution in [3.8, 4) is 0 Å². The molecule has 5 rings (SSSR count). The summed E-state index contributed by atoms with van der Waals surface area (Å²) in [5.41, 5.74) is 0. The van der Waals surface area contributed by atoms with Crippen LogP contribution in [0.5, 0.6) is 0 Å². The topological polar surface area (TPSA) is 83.5 Å². The van der Waals surface area contributed by atoms with Gasteiger partial charge in [-0.1, -0.05) is 32.1 Å². The molecule has 5 fully saturated rings. The van der Waals surface area contributed by atoms with E-state index in [1.54, 1.807) is 0 Å². The molecule has 5 unspecified atom stereocenters. The summed E-state index contributed by atoms with van der Waals surface area (Å²) in [4.78, 5) is 28.6. The third-order valence-corrected chi connectivity index (χ3v) is 11.7. The first kappa shape index (κ1) is 24.7. The molecule has 7 heteroatoms. The average Bonchev–Trinajstić information content (AvgIpc) is 3.61. The maximum Gasteiger partial charge on any atom is 0.234 e. The molecule has 34 heavy (non-hydrogen) atoms. The van der Waals surface area contributed by atoms with Gasteiger partial charge in [0.2, 0.25) is 5.91 Å². The van der Waals surface area contributed by atoms with Gasteiger partial charge in [-0.3, -0.25) is 14.5 Å². The fourth-order valence-corrected chi connectivity index (χ4v) is 9.05. The van der Waals surface area contributed by atoms with Crippen molar-refractivity contribution in [1.29, 1.82) is 0 Å². The number of hydrogen-bond acceptors (Lipinski definition) is 5. The number of nitrogens with zero attached hydrogens (tertiary/aromatic N) is 1. The van der Waals surface area contributed by atoms with E-state index in [1.165, 1.54) is 51.2 Å². The van der Waals surface area contributed by atoms with Crippen molar-refractivity contribution in [3.63, 3.8) is 0 Å². The van der Waals surface area contributed by atoms with Crippen LogP contribution < -0.4 is 5.32 Å². The summed E-state index contributed by atoms with van der Waals surface area (Å²) in [6.45, 7) is 2.39. The predicted octanol–water partition coefficient (Wildman–Crippen LogP) is 3.59. The average molecular weight is 493 g/mol. The molecule has 0 spiro atoms. The highest BCUT2D eigenvalue weighted by Gasteiger charge is 2.52. The Balaban J connectivity index is 1.19. The van der Waals surface area contributed by atoms with Gasteiger partial charge in [0.1, 0.15) is 15.6 Å². The van der Waals surface area contributed by atoms with E-state index in [1.807, 2.05) is 0 Å². The van der Waals surface area contributed by atoms with E-state index in [4.69, 9.17) is 0 Å². The van der Waals surface area contributed by atoms with Crippen LogP contribution >= 0.6 is 0 Å². The first-order valence-electron chi connectivity index (χ1n) is 14.0. The molecule has 1 N–H and O–H groups in total. The number of carbonyl (C=O) groups excluding carboxylic acids is 2. The lowest BCUT2D eigenvalue weighted by Gasteiger charge is -2.38. The summed E-state index contributed by atoms with van der Waals surface area (Å²) in [6, 6.07) is -0.185. The number of sulfone groups is 1. The predicted molar refractivity (Wildman–Crippen MR) is 133 cm³/mol. The molecule has 5 atom stereocenters. The van der Waals surface area contributed by atoms with E-state index in [2.05, 4.69) is 10.2 Å². The standard InChI is InChI=1S/C27H44N2O4S/c1-34(32,33)22-10-9-21-15-24(27(31)20-7-8-20)26(23(21)16-22)28-25(30)17-29-13-11-19(12-14-29)18-5-3-2-4-6-18/h18-24,26H,2-17H2,1H3,(H,28,30). The minimum Gasteiger partial charge on any atom is -0.351 e. The molecule has 1 heterocycles. The molecule has 0 radical (unpaired) electrons. The van der Waals surface area contributed by atoms with Crippen LogP contribution in [0.4, 0.5) is 0 Å². The maximum absolute atomic E-state index is 13.2. The number of carbonyl (C=O) groups is 2. The van der Waals surface area contributed by atoms with Gasteiger partial charge in [0, 0.05) is 24.1 Å². The molecule has 6 nitrogen and oxygen atoms in total. The number of fused-ring (bicyclic) bond motifs is 1. The molecular weight excluding hydrogens is 448 g/mol. The molecule has 4 saturated carbocycles. The molecule has 1 aliphatic heterocycles. The van der Waals surface area contributed by atoms with Crippen LogP contribution in [0.3, 0.4) is 0 Å². The first-order chi connectivity index (χ1) is 16.3. The zero-order valence-electron chi connectivity index (χ0n) is 20.9. The molecule has 1 saturated heterocycles. The van der Waals surface area contributed by atoms with Crippen LogP contribution in [0.25, 0.3) is 0 Å². The highest BCUT2D eigenvalue weighted by Crippen LogP contribution is 2.49. The molecule has 0 aromatic heterocycles. The summed E-state index contributed by atoms with van der Waals surface area (Å²) in [5.74, 6) is 2.59. The van der Waals surface area contributed by atoms with Gasteiger partial charge in [-0.25, -0.2) is 8.42 Å². The van der Waals surface area contributed by atoms with Crippen molar-refractivity contribution in [3.05, 3.63) is 0 Å². The van der Waals surface area contributed by atoms with Gasteiger partial charge in [0.25, 0.3) is 0 Å². The Bertz CT molecular complexity index is 856. The van der Waals surface area contributed by atoms with Crippen LogP contribution in [0, 0.1) is 35.5 Å². The Morgan fingerprint density at radius 1 is 0.824 bits per heavy atom. The highest BCUT2D eigenvalue weighted by atomic mass is 32.2. The summed E-state index contributed by atoms with van der Waals surface area (Å²) in [6.07, 6.45) is 15.6. The van der Waals surface area contributed by atoms with Gasteiger partial charge in [0.15, 0.2) is 0 Å². The van der Waals surface area contributed by atoms with Gasteiger partial charge in [-0.2, -0.15) is 0 Å². The van der Waals surface area contributed by atoms with Gasteiger partial charge in [0.05, 0.1) is 11.8 Å². The third kappa shape index (κ3) is 5.55. The molecule has 0 aromatic rings.